The van der Waals surface area contributed by atoms with Crippen molar-refractivity contribution in [2.45, 2.75) is 39.8 Å². The highest BCUT2D eigenvalue weighted by molar-refractivity contribution is 5.90. The van der Waals surface area contributed by atoms with E-state index in [-0.39, 0.29) is 11.4 Å². The molecule has 5 heteroatoms. The molecule has 0 bridgehead atoms. The van der Waals surface area contributed by atoms with E-state index in [4.69, 9.17) is 9.47 Å². The van der Waals surface area contributed by atoms with Crippen molar-refractivity contribution < 1.29 is 13.9 Å². The molecule has 0 saturated carbocycles. The van der Waals surface area contributed by atoms with Gasteiger partial charge in [-0.25, -0.2) is 4.39 Å². The minimum Gasteiger partial charge on any atom is -0.496 e. The van der Waals surface area contributed by atoms with Gasteiger partial charge in [-0.3, -0.25) is 0 Å². The maximum Gasteiger partial charge on any atom is 0.141 e. The summed E-state index contributed by atoms with van der Waals surface area (Å²) in [6, 6.07) is 14.8. The van der Waals surface area contributed by atoms with Crippen LogP contribution in [0.3, 0.4) is 0 Å². The summed E-state index contributed by atoms with van der Waals surface area (Å²) < 4.78 is 25.1. The third-order valence-electron chi connectivity index (χ3n) is 6.05. The molecule has 0 saturated heterocycles. The Balaban J connectivity index is 1.93. The van der Waals surface area contributed by atoms with Gasteiger partial charge in [0.2, 0.25) is 0 Å². The van der Waals surface area contributed by atoms with E-state index in [0.717, 1.165) is 44.9 Å². The summed E-state index contributed by atoms with van der Waals surface area (Å²) in [4.78, 5) is 0. The molecule has 0 spiro atoms. The molecule has 33 heavy (non-hydrogen) atoms. The highest BCUT2D eigenvalue weighted by atomic mass is 19.1. The Hall–Kier alpha value is -3.47. The molecule has 1 heterocycles. The first-order valence-electron chi connectivity index (χ1n) is 11.1. The van der Waals surface area contributed by atoms with E-state index in [0.29, 0.717) is 12.3 Å². The van der Waals surface area contributed by atoms with E-state index in [9.17, 15) is 4.39 Å². The van der Waals surface area contributed by atoms with E-state index < -0.39 is 0 Å². The standard InChI is InChI=1S/C28H31FN2O2/c1-17-13-23-27(18(2)15-28(3,4)31-23)21(16-30-22-9-7-8-10-24(22)32-5)26(17)20-12-11-19(29)14-25(20)33-6/h7-15,30-31H,16H2,1-6H3. The van der Waals surface area contributed by atoms with Crippen LogP contribution in [0.4, 0.5) is 15.8 Å². The summed E-state index contributed by atoms with van der Waals surface area (Å²) in [5, 5.41) is 7.23. The maximum atomic E-state index is 14.0. The minimum absolute atomic E-state index is 0.147. The molecule has 0 amide bonds. The second-order valence-electron chi connectivity index (χ2n) is 9.04. The number of anilines is 2. The normalized spacial score (nSPS) is 14.1. The lowest BCUT2D eigenvalue weighted by atomic mass is 9.83. The molecule has 1 aliphatic heterocycles. The van der Waals surface area contributed by atoms with Crippen LogP contribution < -0.4 is 20.1 Å². The van der Waals surface area contributed by atoms with Gasteiger partial charge in [0.1, 0.15) is 17.3 Å². The first-order chi connectivity index (χ1) is 15.7. The minimum atomic E-state index is -0.320. The van der Waals surface area contributed by atoms with E-state index >= 15 is 0 Å². The average molecular weight is 447 g/mol. The van der Waals surface area contributed by atoms with Crippen LogP contribution >= 0.6 is 0 Å². The number of ether oxygens (including phenoxy) is 2. The van der Waals surface area contributed by atoms with Crippen molar-refractivity contribution in [1.29, 1.82) is 0 Å². The van der Waals surface area contributed by atoms with Crippen LogP contribution in [-0.2, 0) is 6.54 Å². The van der Waals surface area contributed by atoms with Crippen LogP contribution in [0.15, 0.2) is 54.6 Å². The quantitative estimate of drug-likeness (QED) is 0.426. The van der Waals surface area contributed by atoms with Crippen molar-refractivity contribution in [3.63, 3.8) is 0 Å². The molecule has 1 aliphatic rings. The zero-order chi connectivity index (χ0) is 23.8. The van der Waals surface area contributed by atoms with Crippen LogP contribution in [0.2, 0.25) is 0 Å². The highest BCUT2D eigenvalue weighted by Gasteiger charge is 2.28. The Kier molecular flexibility index (Phi) is 6.07. The van der Waals surface area contributed by atoms with Gasteiger partial charge in [0, 0.05) is 29.4 Å². The van der Waals surface area contributed by atoms with Gasteiger partial charge in [0.15, 0.2) is 0 Å². The average Bonchev–Trinajstić information content (AvgIpc) is 2.76. The Morgan fingerprint density at radius 3 is 2.39 bits per heavy atom. The summed E-state index contributed by atoms with van der Waals surface area (Å²) in [5.74, 6) is 0.980. The fourth-order valence-electron chi connectivity index (χ4n) is 4.83. The lowest BCUT2D eigenvalue weighted by Gasteiger charge is -2.34. The van der Waals surface area contributed by atoms with Crippen LogP contribution in [0, 0.1) is 12.7 Å². The molecule has 3 aromatic carbocycles. The van der Waals surface area contributed by atoms with Crippen molar-refractivity contribution >= 4 is 16.9 Å². The predicted octanol–water partition coefficient (Wildman–Crippen LogP) is 7.04. The molecule has 0 atom stereocenters. The van der Waals surface area contributed by atoms with Crippen LogP contribution in [0.1, 0.15) is 37.5 Å². The number of hydrogen-bond acceptors (Lipinski definition) is 4. The Morgan fingerprint density at radius 1 is 0.939 bits per heavy atom. The number of hydrogen-bond donors (Lipinski definition) is 2. The monoisotopic (exact) mass is 446 g/mol. The van der Waals surface area contributed by atoms with Crippen LogP contribution in [0.5, 0.6) is 11.5 Å². The number of para-hydroxylation sites is 2. The van der Waals surface area contributed by atoms with Crippen molar-refractivity contribution in [2.24, 2.45) is 0 Å². The molecule has 3 aromatic rings. The number of allylic oxidation sites excluding steroid dienone is 1. The molecule has 0 unspecified atom stereocenters. The Morgan fingerprint density at radius 2 is 1.67 bits per heavy atom. The van der Waals surface area contributed by atoms with E-state index in [1.54, 1.807) is 20.3 Å². The molecule has 4 rings (SSSR count). The smallest absolute Gasteiger partial charge is 0.141 e. The third kappa shape index (κ3) is 4.40. The zero-order valence-electron chi connectivity index (χ0n) is 20.1. The summed E-state index contributed by atoms with van der Waals surface area (Å²) in [7, 11) is 3.25. The van der Waals surface area contributed by atoms with Crippen molar-refractivity contribution in [2.75, 3.05) is 24.9 Å². The molecule has 4 nitrogen and oxygen atoms in total. The van der Waals surface area contributed by atoms with Gasteiger partial charge in [-0.05, 0) is 80.3 Å². The first-order valence-corrected chi connectivity index (χ1v) is 11.1. The number of methoxy groups -OCH3 is 2. The fourth-order valence-corrected chi connectivity index (χ4v) is 4.83. The van der Waals surface area contributed by atoms with Crippen molar-refractivity contribution in [3.05, 3.63) is 77.1 Å². The van der Waals surface area contributed by atoms with E-state index in [2.05, 4.69) is 50.5 Å². The molecular weight excluding hydrogens is 415 g/mol. The third-order valence-corrected chi connectivity index (χ3v) is 6.05. The van der Waals surface area contributed by atoms with Crippen LogP contribution in [0.25, 0.3) is 16.7 Å². The van der Waals surface area contributed by atoms with Crippen molar-refractivity contribution in [1.82, 2.24) is 0 Å². The van der Waals surface area contributed by atoms with Gasteiger partial charge in [-0.1, -0.05) is 18.2 Å². The predicted molar refractivity (Wildman–Crippen MR) is 135 cm³/mol. The van der Waals surface area contributed by atoms with E-state index in [1.807, 2.05) is 24.3 Å². The number of fused-ring (bicyclic) bond motifs is 1. The fraction of sp³-hybridized carbons (Fsp3) is 0.286. The summed E-state index contributed by atoms with van der Waals surface area (Å²) in [6.45, 7) is 9.13. The molecular formula is C28H31FN2O2. The van der Waals surface area contributed by atoms with Crippen LogP contribution in [-0.4, -0.2) is 19.8 Å². The molecule has 0 radical (unpaired) electrons. The SMILES string of the molecule is COc1ccccc1NCc1c2c(cc(C)c1-c1ccc(F)cc1OC)NC(C)(C)C=C2C. The maximum absolute atomic E-state index is 14.0. The molecule has 0 fully saturated rings. The second kappa shape index (κ2) is 8.81. The first kappa shape index (κ1) is 22.7. The van der Waals surface area contributed by atoms with Gasteiger partial charge < -0.3 is 20.1 Å². The molecule has 2 N–H and O–H groups in total. The molecule has 172 valence electrons. The van der Waals surface area contributed by atoms with E-state index in [1.165, 1.54) is 17.7 Å². The van der Waals surface area contributed by atoms with Gasteiger partial charge in [0.25, 0.3) is 0 Å². The largest absolute Gasteiger partial charge is 0.496 e. The number of benzene rings is 3. The zero-order valence-corrected chi connectivity index (χ0v) is 20.1. The summed E-state index contributed by atoms with van der Waals surface area (Å²) >= 11 is 0. The number of halogens is 1. The molecule has 0 aliphatic carbocycles. The van der Waals surface area contributed by atoms with Gasteiger partial charge in [0.05, 0.1) is 25.4 Å². The summed E-state index contributed by atoms with van der Waals surface area (Å²) in [6.07, 6.45) is 2.25. The van der Waals surface area contributed by atoms with Gasteiger partial charge >= 0.3 is 0 Å². The number of rotatable bonds is 6. The molecule has 0 aromatic heterocycles. The second-order valence-corrected chi connectivity index (χ2v) is 9.04. The Bertz CT molecular complexity index is 1230. The highest BCUT2D eigenvalue weighted by Crippen LogP contribution is 2.44. The topological polar surface area (TPSA) is 42.5 Å². The number of nitrogens with one attached hydrogen (secondary N) is 2. The number of aryl methyl sites for hydroxylation is 1. The van der Waals surface area contributed by atoms with Gasteiger partial charge in [-0.2, -0.15) is 0 Å². The lowest BCUT2D eigenvalue weighted by Crippen LogP contribution is -2.32. The lowest BCUT2D eigenvalue weighted by molar-refractivity contribution is 0.413. The summed E-state index contributed by atoms with van der Waals surface area (Å²) in [5.41, 5.74) is 8.35. The van der Waals surface area contributed by atoms with Crippen molar-refractivity contribution in [3.8, 4) is 22.6 Å². The van der Waals surface area contributed by atoms with Gasteiger partial charge in [-0.15, -0.1) is 0 Å². The Labute approximate surface area is 195 Å².